The molecule has 0 spiro atoms. The number of rotatable bonds is 4. The molecule has 2 aliphatic carbocycles. The van der Waals surface area contributed by atoms with Crippen LogP contribution in [0.1, 0.15) is 92.5 Å². The predicted octanol–water partition coefficient (Wildman–Crippen LogP) is 7.35. The van der Waals surface area contributed by atoms with E-state index >= 15 is 0 Å². The molecule has 2 aromatic rings. The lowest BCUT2D eigenvalue weighted by Gasteiger charge is -2.43. The lowest BCUT2D eigenvalue weighted by molar-refractivity contribution is 0.270. The van der Waals surface area contributed by atoms with Gasteiger partial charge < -0.3 is 9.84 Å². The summed E-state index contributed by atoms with van der Waals surface area (Å²) >= 11 is 0. The van der Waals surface area contributed by atoms with E-state index in [-0.39, 0.29) is 0 Å². The minimum Gasteiger partial charge on any atom is -0.504 e. The zero-order chi connectivity index (χ0) is 20.7. The number of phenols is 1. The van der Waals surface area contributed by atoms with Crippen LogP contribution < -0.4 is 4.74 Å². The second-order valence-corrected chi connectivity index (χ2v) is 9.47. The smallest absolute Gasteiger partial charge is 0.165 e. The Hall–Kier alpha value is -2.22. The van der Waals surface area contributed by atoms with Gasteiger partial charge in [0.1, 0.15) is 6.61 Å². The van der Waals surface area contributed by atoms with Crippen molar-refractivity contribution in [3.05, 3.63) is 69.8 Å². The van der Waals surface area contributed by atoms with Crippen LogP contribution in [0.4, 0.5) is 0 Å². The highest BCUT2D eigenvalue weighted by atomic mass is 16.5. The second-order valence-electron chi connectivity index (χ2n) is 9.47. The normalized spacial score (nSPS) is 25.3. The summed E-state index contributed by atoms with van der Waals surface area (Å²) in [4.78, 5) is 0. The summed E-state index contributed by atoms with van der Waals surface area (Å²) < 4.78 is 6.33. The fraction of sp³-hybridized carbons (Fsp3) is 0.481. The molecular formula is C27H34O2. The standard InChI is InChI=1S/C27H34O2/c1-16(2)13-21-14-18(4)22-12-11-17(3)23-25(22)24(21)19(5)26(28)27(23)29-15-20-9-7-6-8-10-20/h6-10,13,17-18,21-22,28H,11-12,14-15H2,1-5H3/t17-,18-,21+,22?/m0/s1. The Bertz CT molecular complexity index is 922. The maximum Gasteiger partial charge on any atom is 0.165 e. The highest BCUT2D eigenvalue weighted by molar-refractivity contribution is 5.64. The Kier molecular flexibility index (Phi) is 5.46. The quantitative estimate of drug-likeness (QED) is 0.553. The third-order valence-corrected chi connectivity index (χ3v) is 7.02. The Balaban J connectivity index is 1.87. The Morgan fingerprint density at radius 2 is 1.79 bits per heavy atom. The van der Waals surface area contributed by atoms with Crippen molar-refractivity contribution in [3.63, 3.8) is 0 Å². The molecule has 0 amide bonds. The van der Waals surface area contributed by atoms with Crippen molar-refractivity contribution in [2.75, 3.05) is 0 Å². The van der Waals surface area contributed by atoms with E-state index in [9.17, 15) is 5.11 Å². The van der Waals surface area contributed by atoms with Crippen molar-refractivity contribution in [2.24, 2.45) is 5.92 Å². The molecule has 0 fully saturated rings. The summed E-state index contributed by atoms with van der Waals surface area (Å²) in [7, 11) is 0. The molecule has 4 atom stereocenters. The molecule has 0 aromatic heterocycles. The van der Waals surface area contributed by atoms with Gasteiger partial charge in [-0.3, -0.25) is 0 Å². The first-order valence-corrected chi connectivity index (χ1v) is 11.1. The van der Waals surface area contributed by atoms with E-state index in [1.165, 1.54) is 41.5 Å². The third kappa shape index (κ3) is 3.58. The molecule has 1 unspecified atom stereocenters. The lowest BCUT2D eigenvalue weighted by atomic mass is 9.62. The van der Waals surface area contributed by atoms with Gasteiger partial charge in [0, 0.05) is 11.5 Å². The molecule has 1 N–H and O–H groups in total. The zero-order valence-electron chi connectivity index (χ0n) is 18.5. The second kappa shape index (κ2) is 7.89. The molecule has 0 saturated heterocycles. The van der Waals surface area contributed by atoms with Gasteiger partial charge in [-0.15, -0.1) is 0 Å². The number of aromatic hydroxyl groups is 1. The Morgan fingerprint density at radius 3 is 2.48 bits per heavy atom. The van der Waals surface area contributed by atoms with Crippen LogP contribution in [0, 0.1) is 12.8 Å². The molecule has 2 aliphatic rings. The van der Waals surface area contributed by atoms with Crippen molar-refractivity contribution in [1.82, 2.24) is 0 Å². The van der Waals surface area contributed by atoms with Crippen LogP contribution in [0.3, 0.4) is 0 Å². The summed E-state index contributed by atoms with van der Waals surface area (Å²) in [5, 5.41) is 11.2. The summed E-state index contributed by atoms with van der Waals surface area (Å²) in [6.45, 7) is 11.6. The van der Waals surface area contributed by atoms with E-state index in [0.29, 0.717) is 36.0 Å². The molecule has 0 heterocycles. The van der Waals surface area contributed by atoms with Gasteiger partial charge in [-0.2, -0.15) is 0 Å². The van der Waals surface area contributed by atoms with E-state index in [0.717, 1.165) is 16.9 Å². The van der Waals surface area contributed by atoms with Crippen molar-refractivity contribution >= 4 is 0 Å². The van der Waals surface area contributed by atoms with Gasteiger partial charge in [-0.1, -0.05) is 55.8 Å². The van der Waals surface area contributed by atoms with E-state index in [2.05, 4.69) is 52.8 Å². The lowest BCUT2D eigenvalue weighted by Crippen LogP contribution is -2.28. The van der Waals surface area contributed by atoms with Gasteiger partial charge in [-0.05, 0) is 80.0 Å². The van der Waals surface area contributed by atoms with Crippen LogP contribution in [0.15, 0.2) is 42.0 Å². The fourth-order valence-electron chi connectivity index (χ4n) is 5.66. The minimum atomic E-state index is 0.351. The van der Waals surface area contributed by atoms with Crippen molar-refractivity contribution in [1.29, 1.82) is 0 Å². The van der Waals surface area contributed by atoms with Crippen molar-refractivity contribution in [3.8, 4) is 11.5 Å². The van der Waals surface area contributed by atoms with Crippen LogP contribution in [-0.2, 0) is 6.61 Å². The van der Waals surface area contributed by atoms with Crippen LogP contribution in [0.2, 0.25) is 0 Å². The van der Waals surface area contributed by atoms with Crippen molar-refractivity contribution < 1.29 is 9.84 Å². The molecule has 154 valence electrons. The van der Waals surface area contributed by atoms with Gasteiger partial charge >= 0.3 is 0 Å². The fourth-order valence-corrected chi connectivity index (χ4v) is 5.66. The van der Waals surface area contributed by atoms with Gasteiger partial charge in [0.05, 0.1) is 0 Å². The largest absolute Gasteiger partial charge is 0.504 e. The number of ether oxygens (including phenoxy) is 1. The van der Waals surface area contributed by atoms with E-state index in [1.54, 1.807) is 0 Å². The van der Waals surface area contributed by atoms with Crippen LogP contribution in [0.25, 0.3) is 0 Å². The molecule has 0 bridgehead atoms. The average Bonchev–Trinajstić information content (AvgIpc) is 2.68. The highest BCUT2D eigenvalue weighted by Gasteiger charge is 2.41. The number of hydrogen-bond donors (Lipinski definition) is 1. The Morgan fingerprint density at radius 1 is 1.07 bits per heavy atom. The average molecular weight is 391 g/mol. The van der Waals surface area contributed by atoms with E-state index < -0.39 is 0 Å². The number of phenolic OH excluding ortho intramolecular Hbond substituents is 1. The first-order valence-electron chi connectivity index (χ1n) is 11.1. The third-order valence-electron chi connectivity index (χ3n) is 7.02. The van der Waals surface area contributed by atoms with Gasteiger partial charge in [0.2, 0.25) is 0 Å². The van der Waals surface area contributed by atoms with Gasteiger partial charge in [0.25, 0.3) is 0 Å². The summed E-state index contributed by atoms with van der Waals surface area (Å²) in [5.74, 6) is 3.11. The highest BCUT2D eigenvalue weighted by Crippen LogP contribution is 2.58. The summed E-state index contributed by atoms with van der Waals surface area (Å²) in [6, 6.07) is 10.2. The number of allylic oxidation sites excluding steroid dienone is 2. The SMILES string of the molecule is CC(C)=C[C@@H]1C[C@H](C)C2CC[C@H](C)c3c(OCc4ccccc4)c(O)c(C)c1c32. The zero-order valence-corrected chi connectivity index (χ0v) is 18.5. The first-order chi connectivity index (χ1) is 13.9. The maximum atomic E-state index is 11.2. The molecule has 4 rings (SSSR count). The van der Waals surface area contributed by atoms with E-state index in [1.807, 2.05) is 18.2 Å². The van der Waals surface area contributed by atoms with Crippen LogP contribution in [0.5, 0.6) is 11.5 Å². The predicted molar refractivity (Wildman–Crippen MR) is 120 cm³/mol. The summed E-state index contributed by atoms with van der Waals surface area (Å²) in [5.41, 5.74) is 7.63. The molecule has 0 aliphatic heterocycles. The Labute approximate surface area is 175 Å². The van der Waals surface area contributed by atoms with Gasteiger partial charge in [0.15, 0.2) is 11.5 Å². The van der Waals surface area contributed by atoms with Crippen LogP contribution >= 0.6 is 0 Å². The molecule has 0 radical (unpaired) electrons. The van der Waals surface area contributed by atoms with Crippen molar-refractivity contribution in [2.45, 2.75) is 78.2 Å². The summed E-state index contributed by atoms with van der Waals surface area (Å²) in [6.07, 6.45) is 5.98. The van der Waals surface area contributed by atoms with Gasteiger partial charge in [-0.25, -0.2) is 0 Å². The monoisotopic (exact) mass is 390 g/mol. The maximum absolute atomic E-state index is 11.2. The minimum absolute atomic E-state index is 0.351. The molecule has 2 aromatic carbocycles. The van der Waals surface area contributed by atoms with E-state index in [4.69, 9.17) is 4.74 Å². The topological polar surface area (TPSA) is 29.5 Å². The first kappa shape index (κ1) is 20.1. The van der Waals surface area contributed by atoms with Crippen LogP contribution in [-0.4, -0.2) is 5.11 Å². The number of benzene rings is 2. The number of hydrogen-bond acceptors (Lipinski definition) is 2. The molecule has 2 heteroatoms. The molecule has 29 heavy (non-hydrogen) atoms. The molecule has 2 nitrogen and oxygen atoms in total. The molecular weight excluding hydrogens is 356 g/mol. The molecule has 0 saturated carbocycles.